The van der Waals surface area contributed by atoms with Crippen LogP contribution in [0, 0.1) is 0 Å². The average Bonchev–Trinajstić information content (AvgIpc) is 2.03. The summed E-state index contributed by atoms with van der Waals surface area (Å²) in [7, 11) is -0.622. The van der Waals surface area contributed by atoms with Gasteiger partial charge in [0, 0.05) is 5.66 Å². The third kappa shape index (κ3) is 4.73. The van der Waals surface area contributed by atoms with Crippen LogP contribution in [0.5, 0.6) is 0 Å². The van der Waals surface area contributed by atoms with Crippen molar-refractivity contribution in [3.8, 4) is 0 Å². The van der Waals surface area contributed by atoms with Crippen LogP contribution in [0.2, 0.25) is 0 Å². The van der Waals surface area contributed by atoms with Gasteiger partial charge in [-0.2, -0.15) is 0 Å². The topological polar surface area (TPSA) is 18.5 Å². The highest BCUT2D eigenvalue weighted by Crippen LogP contribution is 2.44. The van der Waals surface area contributed by atoms with E-state index < -0.39 is 8.38 Å². The second-order valence-electron chi connectivity index (χ2n) is 2.38. The standard InChI is InChI=1S/C8H19O2P/c1-5-8(4)11(9-6-2)10-7-3/h8H,5-7H2,1-4H3. The van der Waals surface area contributed by atoms with E-state index in [1.54, 1.807) is 0 Å². The summed E-state index contributed by atoms with van der Waals surface area (Å²) in [6, 6.07) is 0. The molecule has 1 unspecified atom stereocenters. The van der Waals surface area contributed by atoms with E-state index >= 15 is 0 Å². The fraction of sp³-hybridized carbons (Fsp3) is 1.00. The molecule has 0 saturated carbocycles. The van der Waals surface area contributed by atoms with E-state index in [4.69, 9.17) is 9.05 Å². The van der Waals surface area contributed by atoms with Crippen molar-refractivity contribution in [3.05, 3.63) is 0 Å². The maximum absolute atomic E-state index is 5.48. The Hall–Kier alpha value is 0.350. The quantitative estimate of drug-likeness (QED) is 0.581. The Morgan fingerprint density at radius 2 is 1.55 bits per heavy atom. The molecule has 2 nitrogen and oxygen atoms in total. The van der Waals surface area contributed by atoms with E-state index in [0.29, 0.717) is 5.66 Å². The van der Waals surface area contributed by atoms with Gasteiger partial charge in [0.2, 0.25) is 0 Å². The van der Waals surface area contributed by atoms with Crippen molar-refractivity contribution in [1.82, 2.24) is 0 Å². The van der Waals surface area contributed by atoms with Crippen LogP contribution in [-0.4, -0.2) is 18.9 Å². The first kappa shape index (κ1) is 11.4. The van der Waals surface area contributed by atoms with Gasteiger partial charge in [0.05, 0.1) is 13.2 Å². The van der Waals surface area contributed by atoms with Crippen molar-refractivity contribution in [2.45, 2.75) is 39.8 Å². The summed E-state index contributed by atoms with van der Waals surface area (Å²) in [4.78, 5) is 0. The average molecular weight is 178 g/mol. The molecule has 0 radical (unpaired) electrons. The molecule has 0 aromatic rings. The van der Waals surface area contributed by atoms with E-state index in [2.05, 4.69) is 13.8 Å². The maximum atomic E-state index is 5.48. The Labute approximate surface area is 71.2 Å². The molecule has 68 valence electrons. The third-order valence-electron chi connectivity index (χ3n) is 1.46. The molecule has 0 bridgehead atoms. The summed E-state index contributed by atoms with van der Waals surface area (Å²) >= 11 is 0. The predicted molar refractivity (Wildman–Crippen MR) is 49.9 cm³/mol. The van der Waals surface area contributed by atoms with E-state index in [9.17, 15) is 0 Å². The highest BCUT2D eigenvalue weighted by atomic mass is 31.2. The van der Waals surface area contributed by atoms with Crippen LogP contribution >= 0.6 is 8.38 Å². The van der Waals surface area contributed by atoms with Crippen LogP contribution in [0.15, 0.2) is 0 Å². The Morgan fingerprint density at radius 3 is 1.82 bits per heavy atom. The van der Waals surface area contributed by atoms with Crippen LogP contribution in [-0.2, 0) is 9.05 Å². The molecule has 0 spiro atoms. The number of hydrogen-bond acceptors (Lipinski definition) is 2. The highest BCUT2D eigenvalue weighted by molar-refractivity contribution is 7.48. The van der Waals surface area contributed by atoms with Gasteiger partial charge in [0.25, 0.3) is 0 Å². The fourth-order valence-corrected chi connectivity index (χ4v) is 2.09. The van der Waals surface area contributed by atoms with Crippen molar-refractivity contribution >= 4 is 8.38 Å². The molecule has 3 heteroatoms. The maximum Gasteiger partial charge on any atom is 0.173 e. The van der Waals surface area contributed by atoms with Gasteiger partial charge in [0.1, 0.15) is 0 Å². The SMILES string of the molecule is CCOP(OCC)C(C)CC. The molecule has 0 aliphatic carbocycles. The summed E-state index contributed by atoms with van der Waals surface area (Å²) in [5, 5.41) is 0. The van der Waals surface area contributed by atoms with Crippen LogP contribution < -0.4 is 0 Å². The van der Waals surface area contributed by atoms with Crippen LogP contribution in [0.4, 0.5) is 0 Å². The van der Waals surface area contributed by atoms with Gasteiger partial charge in [-0.25, -0.2) is 0 Å². The molecule has 0 fully saturated rings. The third-order valence-corrected chi connectivity index (χ3v) is 3.57. The Balaban J connectivity index is 3.66. The lowest BCUT2D eigenvalue weighted by molar-refractivity contribution is 0.262. The zero-order valence-corrected chi connectivity index (χ0v) is 8.86. The zero-order chi connectivity index (χ0) is 8.69. The molecule has 0 heterocycles. The monoisotopic (exact) mass is 178 g/mol. The Bertz CT molecular complexity index is 82.2. The summed E-state index contributed by atoms with van der Waals surface area (Å²) in [6.45, 7) is 9.88. The Kier molecular flexibility index (Phi) is 7.25. The van der Waals surface area contributed by atoms with E-state index in [1.165, 1.54) is 0 Å². The molecule has 0 aromatic heterocycles. The van der Waals surface area contributed by atoms with Crippen molar-refractivity contribution in [1.29, 1.82) is 0 Å². The van der Waals surface area contributed by atoms with Gasteiger partial charge in [-0.15, -0.1) is 0 Å². The second kappa shape index (κ2) is 7.02. The van der Waals surface area contributed by atoms with Gasteiger partial charge in [-0.05, 0) is 20.3 Å². The summed E-state index contributed by atoms with van der Waals surface area (Å²) in [5.41, 5.74) is 0.560. The number of rotatable bonds is 6. The minimum atomic E-state index is -0.622. The van der Waals surface area contributed by atoms with Gasteiger partial charge < -0.3 is 9.05 Å². The largest absolute Gasteiger partial charge is 0.334 e. The second-order valence-corrected chi connectivity index (χ2v) is 4.35. The normalized spacial score (nSPS) is 13.9. The summed E-state index contributed by atoms with van der Waals surface area (Å²) < 4.78 is 11.0. The lowest BCUT2D eigenvalue weighted by Gasteiger charge is -2.20. The van der Waals surface area contributed by atoms with Crippen molar-refractivity contribution < 1.29 is 9.05 Å². The molecule has 0 rings (SSSR count). The number of hydrogen-bond donors (Lipinski definition) is 0. The predicted octanol–water partition coefficient (Wildman–Crippen LogP) is 3.17. The zero-order valence-electron chi connectivity index (χ0n) is 7.96. The van der Waals surface area contributed by atoms with E-state index in [-0.39, 0.29) is 0 Å². The van der Waals surface area contributed by atoms with Crippen molar-refractivity contribution in [2.75, 3.05) is 13.2 Å². The van der Waals surface area contributed by atoms with E-state index in [1.807, 2.05) is 13.8 Å². The van der Waals surface area contributed by atoms with Gasteiger partial charge in [0.15, 0.2) is 8.38 Å². The molecule has 1 atom stereocenters. The molecule has 0 N–H and O–H groups in total. The molecule has 0 aliphatic heterocycles. The smallest absolute Gasteiger partial charge is 0.173 e. The minimum absolute atomic E-state index is 0.560. The molecule has 0 saturated heterocycles. The van der Waals surface area contributed by atoms with Gasteiger partial charge in [-0.3, -0.25) is 0 Å². The first-order chi connectivity index (χ1) is 5.26. The van der Waals surface area contributed by atoms with Gasteiger partial charge in [-0.1, -0.05) is 13.8 Å². The summed E-state index contributed by atoms with van der Waals surface area (Å²) in [6.07, 6.45) is 1.13. The lowest BCUT2D eigenvalue weighted by Crippen LogP contribution is -2.03. The molecule has 11 heavy (non-hydrogen) atoms. The lowest BCUT2D eigenvalue weighted by atomic mass is 10.4. The highest BCUT2D eigenvalue weighted by Gasteiger charge is 2.16. The van der Waals surface area contributed by atoms with Crippen LogP contribution in [0.25, 0.3) is 0 Å². The first-order valence-corrected chi connectivity index (χ1v) is 5.55. The summed E-state index contributed by atoms with van der Waals surface area (Å²) in [5.74, 6) is 0. The fourth-order valence-electron chi connectivity index (χ4n) is 0.695. The molecular weight excluding hydrogens is 159 g/mol. The van der Waals surface area contributed by atoms with Crippen molar-refractivity contribution in [3.63, 3.8) is 0 Å². The minimum Gasteiger partial charge on any atom is -0.334 e. The first-order valence-electron chi connectivity index (χ1n) is 4.31. The van der Waals surface area contributed by atoms with E-state index in [0.717, 1.165) is 19.6 Å². The Morgan fingerprint density at radius 1 is 1.09 bits per heavy atom. The molecular formula is C8H19O2P. The molecule has 0 aromatic carbocycles. The molecule has 0 aliphatic rings. The molecule has 0 amide bonds. The van der Waals surface area contributed by atoms with Crippen LogP contribution in [0.1, 0.15) is 34.1 Å². The van der Waals surface area contributed by atoms with Crippen molar-refractivity contribution in [2.24, 2.45) is 0 Å². The van der Waals surface area contributed by atoms with Crippen LogP contribution in [0.3, 0.4) is 0 Å². The van der Waals surface area contributed by atoms with Gasteiger partial charge >= 0.3 is 0 Å².